The summed E-state index contributed by atoms with van der Waals surface area (Å²) in [4.78, 5) is 16.5. The lowest BCUT2D eigenvalue weighted by atomic mass is 10.2. The fourth-order valence-corrected chi connectivity index (χ4v) is 2.89. The SMILES string of the molecule is N#Cc1ccc(C2CC2)nc1SCC(=O)Nc1ccccc1. The molecule has 1 aliphatic rings. The summed E-state index contributed by atoms with van der Waals surface area (Å²) < 4.78 is 0. The Morgan fingerprint density at radius 2 is 2.05 bits per heavy atom. The van der Waals surface area contributed by atoms with Crippen molar-refractivity contribution >= 4 is 23.4 Å². The number of amides is 1. The van der Waals surface area contributed by atoms with E-state index in [0.29, 0.717) is 16.5 Å². The van der Waals surface area contributed by atoms with Gasteiger partial charge in [-0.05, 0) is 37.1 Å². The number of carbonyl (C=O) groups is 1. The van der Waals surface area contributed by atoms with Crippen LogP contribution in [0.3, 0.4) is 0 Å². The van der Waals surface area contributed by atoms with Crippen molar-refractivity contribution in [1.82, 2.24) is 4.98 Å². The Kier molecular flexibility index (Phi) is 4.40. The van der Waals surface area contributed by atoms with Crippen LogP contribution in [0.5, 0.6) is 0 Å². The molecule has 1 amide bonds. The highest BCUT2D eigenvalue weighted by atomic mass is 32.2. The van der Waals surface area contributed by atoms with E-state index in [1.807, 2.05) is 36.4 Å². The fraction of sp³-hybridized carbons (Fsp3) is 0.235. The van der Waals surface area contributed by atoms with E-state index >= 15 is 0 Å². The van der Waals surface area contributed by atoms with Gasteiger partial charge in [-0.1, -0.05) is 30.0 Å². The van der Waals surface area contributed by atoms with Crippen LogP contribution in [0, 0.1) is 11.3 Å². The highest BCUT2D eigenvalue weighted by Crippen LogP contribution is 2.39. The highest BCUT2D eigenvalue weighted by molar-refractivity contribution is 8.00. The predicted molar refractivity (Wildman–Crippen MR) is 86.7 cm³/mol. The summed E-state index contributed by atoms with van der Waals surface area (Å²) in [5.41, 5.74) is 2.33. The van der Waals surface area contributed by atoms with E-state index in [4.69, 9.17) is 5.26 Å². The quantitative estimate of drug-likeness (QED) is 0.858. The molecule has 2 aromatic rings. The normalized spacial score (nSPS) is 13.4. The van der Waals surface area contributed by atoms with Crippen molar-refractivity contribution in [3.63, 3.8) is 0 Å². The number of benzene rings is 1. The summed E-state index contributed by atoms with van der Waals surface area (Å²) in [5, 5.41) is 12.6. The first-order valence-electron chi connectivity index (χ1n) is 7.15. The van der Waals surface area contributed by atoms with Gasteiger partial charge in [0.05, 0.1) is 11.3 Å². The number of hydrogen-bond acceptors (Lipinski definition) is 4. The summed E-state index contributed by atoms with van der Waals surface area (Å²) in [6.07, 6.45) is 2.33. The average molecular weight is 309 g/mol. The van der Waals surface area contributed by atoms with Crippen LogP contribution in [0.15, 0.2) is 47.5 Å². The summed E-state index contributed by atoms with van der Waals surface area (Å²) in [6, 6.07) is 15.2. The summed E-state index contributed by atoms with van der Waals surface area (Å²) in [6.45, 7) is 0. The van der Waals surface area contributed by atoms with Gasteiger partial charge in [0.15, 0.2) is 0 Å². The van der Waals surface area contributed by atoms with E-state index in [-0.39, 0.29) is 11.7 Å². The Labute approximate surface area is 133 Å². The largest absolute Gasteiger partial charge is 0.325 e. The van der Waals surface area contributed by atoms with Crippen molar-refractivity contribution in [2.24, 2.45) is 0 Å². The molecule has 0 aliphatic heterocycles. The van der Waals surface area contributed by atoms with Crippen molar-refractivity contribution in [3.8, 4) is 6.07 Å². The Bertz CT molecular complexity index is 720. The minimum absolute atomic E-state index is 0.0984. The smallest absolute Gasteiger partial charge is 0.234 e. The molecule has 3 rings (SSSR count). The van der Waals surface area contributed by atoms with Crippen molar-refractivity contribution < 1.29 is 4.79 Å². The number of nitrogens with zero attached hydrogens (tertiary/aromatic N) is 2. The molecule has 0 saturated heterocycles. The number of rotatable bonds is 5. The lowest BCUT2D eigenvalue weighted by Gasteiger charge is -2.07. The van der Waals surface area contributed by atoms with Gasteiger partial charge in [0.25, 0.3) is 0 Å². The molecule has 1 N–H and O–H groups in total. The van der Waals surface area contributed by atoms with Crippen molar-refractivity contribution in [1.29, 1.82) is 5.26 Å². The molecule has 1 aromatic heterocycles. The molecule has 110 valence electrons. The lowest BCUT2D eigenvalue weighted by molar-refractivity contribution is -0.113. The van der Waals surface area contributed by atoms with Crippen LogP contribution in [0.25, 0.3) is 0 Å². The van der Waals surface area contributed by atoms with Crippen molar-refractivity contribution in [2.45, 2.75) is 23.8 Å². The minimum Gasteiger partial charge on any atom is -0.325 e. The second kappa shape index (κ2) is 6.63. The number of pyridine rings is 1. The maximum absolute atomic E-state index is 12.0. The first kappa shape index (κ1) is 14.6. The second-order valence-electron chi connectivity index (χ2n) is 5.18. The molecule has 1 aromatic carbocycles. The number of carbonyl (C=O) groups excluding carboxylic acids is 1. The highest BCUT2D eigenvalue weighted by Gasteiger charge is 2.25. The van der Waals surface area contributed by atoms with Crippen molar-refractivity contribution in [3.05, 3.63) is 53.7 Å². The van der Waals surface area contributed by atoms with E-state index in [1.165, 1.54) is 11.8 Å². The number of hydrogen-bond donors (Lipinski definition) is 1. The zero-order valence-electron chi connectivity index (χ0n) is 12.0. The van der Waals surface area contributed by atoms with Gasteiger partial charge in [-0.25, -0.2) is 4.98 Å². The monoisotopic (exact) mass is 309 g/mol. The number of thioether (sulfide) groups is 1. The van der Waals surface area contributed by atoms with Gasteiger partial charge in [0, 0.05) is 17.3 Å². The van der Waals surface area contributed by atoms with E-state index in [9.17, 15) is 4.79 Å². The van der Waals surface area contributed by atoms with Gasteiger partial charge in [-0.3, -0.25) is 4.79 Å². The van der Waals surface area contributed by atoms with E-state index in [1.54, 1.807) is 6.07 Å². The van der Waals surface area contributed by atoms with E-state index in [0.717, 1.165) is 24.2 Å². The van der Waals surface area contributed by atoms with Gasteiger partial charge in [0.2, 0.25) is 5.91 Å². The first-order chi connectivity index (χ1) is 10.8. The third kappa shape index (κ3) is 3.66. The van der Waals surface area contributed by atoms with Crippen LogP contribution in [-0.4, -0.2) is 16.6 Å². The third-order valence-corrected chi connectivity index (χ3v) is 4.39. The van der Waals surface area contributed by atoms with Gasteiger partial charge in [-0.15, -0.1) is 0 Å². The Morgan fingerprint density at radius 1 is 1.27 bits per heavy atom. The molecule has 0 unspecified atom stereocenters. The molecule has 22 heavy (non-hydrogen) atoms. The van der Waals surface area contributed by atoms with Crippen LogP contribution >= 0.6 is 11.8 Å². The fourth-order valence-electron chi connectivity index (χ4n) is 2.11. The molecule has 0 spiro atoms. The molecule has 1 aliphatic carbocycles. The van der Waals surface area contributed by atoms with Crippen LogP contribution < -0.4 is 5.32 Å². The molecule has 0 radical (unpaired) electrons. The maximum Gasteiger partial charge on any atom is 0.234 e. The Balaban J connectivity index is 1.64. The third-order valence-electron chi connectivity index (χ3n) is 3.40. The van der Waals surface area contributed by atoms with Crippen LogP contribution in [0.2, 0.25) is 0 Å². The number of nitriles is 1. The van der Waals surface area contributed by atoms with Crippen LogP contribution in [0.4, 0.5) is 5.69 Å². The topological polar surface area (TPSA) is 65.8 Å². The van der Waals surface area contributed by atoms with Gasteiger partial charge in [0.1, 0.15) is 11.1 Å². The molecule has 0 bridgehead atoms. The predicted octanol–water partition coefficient (Wildman–Crippen LogP) is 3.56. The maximum atomic E-state index is 12.0. The average Bonchev–Trinajstić information content (AvgIpc) is 3.38. The van der Waals surface area contributed by atoms with Crippen LogP contribution in [0.1, 0.15) is 30.0 Å². The summed E-state index contributed by atoms with van der Waals surface area (Å²) >= 11 is 1.31. The van der Waals surface area contributed by atoms with Gasteiger partial charge in [-0.2, -0.15) is 5.26 Å². The number of aromatic nitrogens is 1. The zero-order chi connectivity index (χ0) is 15.4. The van der Waals surface area contributed by atoms with E-state index in [2.05, 4.69) is 16.4 Å². The Hall–Kier alpha value is -2.32. The molecule has 1 fully saturated rings. The first-order valence-corrected chi connectivity index (χ1v) is 8.13. The van der Waals surface area contributed by atoms with Crippen molar-refractivity contribution in [2.75, 3.05) is 11.1 Å². The summed E-state index contributed by atoms with van der Waals surface area (Å²) in [7, 11) is 0. The summed E-state index contributed by atoms with van der Waals surface area (Å²) in [5.74, 6) is 0.675. The molecule has 4 nitrogen and oxygen atoms in total. The lowest BCUT2D eigenvalue weighted by Crippen LogP contribution is -2.14. The standard InChI is InChI=1S/C17H15N3OS/c18-10-13-8-9-15(12-6-7-12)20-17(13)22-11-16(21)19-14-4-2-1-3-5-14/h1-5,8-9,12H,6-7,11H2,(H,19,21). The van der Waals surface area contributed by atoms with Gasteiger partial charge >= 0.3 is 0 Å². The molecule has 1 heterocycles. The minimum atomic E-state index is -0.0984. The number of nitrogens with one attached hydrogen (secondary N) is 1. The number of para-hydroxylation sites is 1. The zero-order valence-corrected chi connectivity index (χ0v) is 12.8. The Morgan fingerprint density at radius 3 is 2.73 bits per heavy atom. The number of anilines is 1. The molecular weight excluding hydrogens is 294 g/mol. The molecule has 5 heteroatoms. The second-order valence-corrected chi connectivity index (χ2v) is 6.14. The molecule has 1 saturated carbocycles. The molecule has 0 atom stereocenters. The van der Waals surface area contributed by atoms with Gasteiger partial charge < -0.3 is 5.32 Å². The molecular formula is C17H15N3OS. The van der Waals surface area contributed by atoms with Crippen LogP contribution in [-0.2, 0) is 4.79 Å². The van der Waals surface area contributed by atoms with E-state index < -0.39 is 0 Å².